The number of ether oxygens (including phenoxy) is 2. The number of hydrogen-bond donors (Lipinski definition) is 0. The summed E-state index contributed by atoms with van der Waals surface area (Å²) in [5.41, 5.74) is 0.367. The van der Waals surface area contributed by atoms with E-state index in [1.165, 1.54) is 37.4 Å². The Bertz CT molecular complexity index is 674. The van der Waals surface area contributed by atoms with Gasteiger partial charge in [0.1, 0.15) is 24.0 Å². The van der Waals surface area contributed by atoms with Crippen LogP contribution in [0.2, 0.25) is 5.02 Å². The van der Waals surface area contributed by atoms with Crippen LogP contribution in [0.4, 0.5) is 8.78 Å². The Hall–Kier alpha value is -2.14. The van der Waals surface area contributed by atoms with E-state index < -0.39 is 17.6 Å². The number of hydrogen-bond acceptors (Lipinski definition) is 3. The second-order valence-corrected chi connectivity index (χ2v) is 4.58. The van der Waals surface area contributed by atoms with E-state index in [0.29, 0.717) is 11.3 Å². The first-order chi connectivity index (χ1) is 10.0. The molecule has 2 aromatic rings. The Morgan fingerprint density at radius 3 is 2.52 bits per heavy atom. The Kier molecular flexibility index (Phi) is 4.75. The smallest absolute Gasteiger partial charge is 0.340 e. The minimum atomic E-state index is -0.745. The molecule has 0 radical (unpaired) electrons. The number of halogens is 3. The van der Waals surface area contributed by atoms with E-state index >= 15 is 0 Å². The maximum absolute atomic E-state index is 13.7. The van der Waals surface area contributed by atoms with Crippen molar-refractivity contribution in [1.29, 1.82) is 0 Å². The summed E-state index contributed by atoms with van der Waals surface area (Å²) in [5.74, 6) is -1.62. The van der Waals surface area contributed by atoms with Gasteiger partial charge in [0, 0.05) is 6.07 Å². The number of carbonyl (C=O) groups is 1. The van der Waals surface area contributed by atoms with Gasteiger partial charge in [-0.2, -0.15) is 0 Å². The lowest BCUT2D eigenvalue weighted by Crippen LogP contribution is -2.05. The van der Waals surface area contributed by atoms with Crippen LogP contribution in [0.3, 0.4) is 0 Å². The molecule has 0 saturated carbocycles. The summed E-state index contributed by atoms with van der Waals surface area (Å²) in [6, 6.07) is 7.96. The van der Waals surface area contributed by atoms with Crippen molar-refractivity contribution >= 4 is 17.6 Å². The lowest BCUT2D eigenvalue weighted by atomic mass is 10.1. The first-order valence-corrected chi connectivity index (χ1v) is 6.33. The molecule has 21 heavy (non-hydrogen) atoms. The highest BCUT2D eigenvalue weighted by molar-refractivity contribution is 6.30. The van der Waals surface area contributed by atoms with E-state index in [0.717, 1.165) is 0 Å². The fourth-order valence-electron chi connectivity index (χ4n) is 1.66. The molecule has 2 rings (SSSR count). The molecule has 0 fully saturated rings. The van der Waals surface area contributed by atoms with Crippen molar-refractivity contribution in [2.24, 2.45) is 0 Å². The van der Waals surface area contributed by atoms with Crippen LogP contribution in [0.1, 0.15) is 15.9 Å². The minimum Gasteiger partial charge on any atom is -0.489 e. The fourth-order valence-corrected chi connectivity index (χ4v) is 1.83. The number of methoxy groups -OCH3 is 1. The van der Waals surface area contributed by atoms with Crippen molar-refractivity contribution in [2.75, 3.05) is 7.11 Å². The summed E-state index contributed by atoms with van der Waals surface area (Å²) >= 11 is 5.63. The molecule has 2 aromatic carbocycles. The van der Waals surface area contributed by atoms with Gasteiger partial charge >= 0.3 is 5.97 Å². The molecule has 0 N–H and O–H groups in total. The predicted octanol–water partition coefficient (Wildman–Crippen LogP) is 3.98. The average molecular weight is 313 g/mol. The highest BCUT2D eigenvalue weighted by Gasteiger charge is 2.12. The molecule has 0 aliphatic heterocycles. The molecule has 0 aliphatic carbocycles. The molecule has 0 atom stereocenters. The number of esters is 1. The van der Waals surface area contributed by atoms with Crippen LogP contribution in [0.5, 0.6) is 5.75 Å². The van der Waals surface area contributed by atoms with Gasteiger partial charge in [-0.1, -0.05) is 17.7 Å². The van der Waals surface area contributed by atoms with E-state index in [1.807, 2.05) is 0 Å². The number of rotatable bonds is 4. The van der Waals surface area contributed by atoms with E-state index in [1.54, 1.807) is 6.07 Å². The van der Waals surface area contributed by atoms with Gasteiger partial charge in [-0.05, 0) is 29.8 Å². The van der Waals surface area contributed by atoms with Crippen LogP contribution < -0.4 is 4.74 Å². The zero-order valence-electron chi connectivity index (χ0n) is 11.0. The van der Waals surface area contributed by atoms with Crippen molar-refractivity contribution in [3.8, 4) is 5.75 Å². The van der Waals surface area contributed by atoms with Crippen molar-refractivity contribution in [3.05, 3.63) is 64.2 Å². The summed E-state index contributed by atoms with van der Waals surface area (Å²) in [7, 11) is 1.18. The number of benzene rings is 2. The third kappa shape index (κ3) is 3.70. The zero-order valence-corrected chi connectivity index (χ0v) is 11.8. The minimum absolute atomic E-state index is 0.0558. The Morgan fingerprint density at radius 2 is 1.90 bits per heavy atom. The van der Waals surface area contributed by atoms with Gasteiger partial charge in [-0.25, -0.2) is 13.6 Å². The van der Waals surface area contributed by atoms with Crippen molar-refractivity contribution in [3.63, 3.8) is 0 Å². The summed E-state index contributed by atoms with van der Waals surface area (Å²) < 4.78 is 36.5. The van der Waals surface area contributed by atoms with E-state index in [2.05, 4.69) is 4.74 Å². The third-order valence-corrected chi connectivity index (χ3v) is 3.03. The van der Waals surface area contributed by atoms with Gasteiger partial charge in [0.15, 0.2) is 0 Å². The molecule has 0 aliphatic rings. The zero-order chi connectivity index (χ0) is 15.4. The molecule has 0 unspecified atom stereocenters. The molecule has 0 saturated heterocycles. The second kappa shape index (κ2) is 6.54. The van der Waals surface area contributed by atoms with Crippen molar-refractivity contribution in [2.45, 2.75) is 6.61 Å². The largest absolute Gasteiger partial charge is 0.489 e. The summed E-state index contributed by atoms with van der Waals surface area (Å²) in [4.78, 5) is 11.3. The van der Waals surface area contributed by atoms with Crippen LogP contribution in [0.15, 0.2) is 36.4 Å². The van der Waals surface area contributed by atoms with Gasteiger partial charge in [-0.15, -0.1) is 0 Å². The Balaban J connectivity index is 2.08. The van der Waals surface area contributed by atoms with Crippen molar-refractivity contribution < 1.29 is 23.0 Å². The quantitative estimate of drug-likeness (QED) is 0.801. The Labute approximate surface area is 125 Å². The topological polar surface area (TPSA) is 35.5 Å². The first-order valence-electron chi connectivity index (χ1n) is 5.96. The van der Waals surface area contributed by atoms with Crippen molar-refractivity contribution in [1.82, 2.24) is 0 Å². The van der Waals surface area contributed by atoms with Crippen LogP contribution in [0.25, 0.3) is 0 Å². The standard InChI is InChI=1S/C15H11ClF2O3/c1-20-15(19)11-4-2-9(6-14(11)18)8-21-10-3-5-13(17)12(16)7-10/h2-7H,8H2,1H3. The lowest BCUT2D eigenvalue weighted by molar-refractivity contribution is 0.0595. The highest BCUT2D eigenvalue weighted by atomic mass is 35.5. The first kappa shape index (κ1) is 15.3. The lowest BCUT2D eigenvalue weighted by Gasteiger charge is -2.08. The van der Waals surface area contributed by atoms with Gasteiger partial charge in [0.05, 0.1) is 17.7 Å². The summed E-state index contributed by atoms with van der Waals surface area (Å²) in [6.07, 6.45) is 0. The van der Waals surface area contributed by atoms with E-state index in [4.69, 9.17) is 16.3 Å². The summed E-state index contributed by atoms with van der Waals surface area (Å²) in [6.45, 7) is 0.0559. The number of carbonyl (C=O) groups excluding carboxylic acids is 1. The fraction of sp³-hybridized carbons (Fsp3) is 0.133. The molecule has 6 heteroatoms. The van der Waals surface area contributed by atoms with Gasteiger partial charge in [0.2, 0.25) is 0 Å². The summed E-state index contributed by atoms with van der Waals surface area (Å²) in [5, 5.41) is -0.0558. The molecule has 3 nitrogen and oxygen atoms in total. The second-order valence-electron chi connectivity index (χ2n) is 4.17. The van der Waals surface area contributed by atoms with Crippen LogP contribution in [-0.2, 0) is 11.3 Å². The van der Waals surface area contributed by atoms with Crippen LogP contribution in [0, 0.1) is 11.6 Å². The van der Waals surface area contributed by atoms with Gasteiger partial charge < -0.3 is 9.47 Å². The van der Waals surface area contributed by atoms with E-state index in [-0.39, 0.29) is 17.2 Å². The monoisotopic (exact) mass is 312 g/mol. The van der Waals surface area contributed by atoms with Gasteiger partial charge in [-0.3, -0.25) is 0 Å². The molecule has 110 valence electrons. The molecule has 0 aromatic heterocycles. The highest BCUT2D eigenvalue weighted by Crippen LogP contribution is 2.22. The Morgan fingerprint density at radius 1 is 1.14 bits per heavy atom. The molecule has 0 spiro atoms. The predicted molar refractivity (Wildman–Crippen MR) is 73.5 cm³/mol. The SMILES string of the molecule is COC(=O)c1ccc(COc2ccc(F)c(Cl)c2)cc1F. The van der Waals surface area contributed by atoms with Gasteiger partial charge in [0.25, 0.3) is 0 Å². The maximum atomic E-state index is 13.7. The molecular formula is C15H11ClF2O3. The normalized spacial score (nSPS) is 10.3. The molecular weight excluding hydrogens is 302 g/mol. The molecule has 0 heterocycles. The molecule has 0 amide bonds. The molecule has 0 bridgehead atoms. The third-order valence-electron chi connectivity index (χ3n) is 2.74. The van der Waals surface area contributed by atoms with Crippen LogP contribution in [-0.4, -0.2) is 13.1 Å². The maximum Gasteiger partial charge on any atom is 0.340 e. The van der Waals surface area contributed by atoms with Crippen LogP contribution >= 0.6 is 11.6 Å². The van der Waals surface area contributed by atoms with E-state index in [9.17, 15) is 13.6 Å². The average Bonchev–Trinajstić information content (AvgIpc) is 2.48.